The minimum atomic E-state index is -4.74. The maximum Gasteiger partial charge on any atom is 0.434 e. The molecule has 0 unspecified atom stereocenters. The van der Waals surface area contributed by atoms with Crippen molar-refractivity contribution in [1.82, 2.24) is 5.48 Å². The van der Waals surface area contributed by atoms with E-state index in [-0.39, 0.29) is 13.2 Å². The van der Waals surface area contributed by atoms with Gasteiger partial charge in [0.2, 0.25) is 0 Å². The summed E-state index contributed by atoms with van der Waals surface area (Å²) in [6.45, 7) is 0.730. The minimum Gasteiger partial charge on any atom is -0.394 e. The van der Waals surface area contributed by atoms with Crippen LogP contribution in [-0.4, -0.2) is 42.9 Å². The molecule has 0 bridgehead atoms. The number of nitrogens with one attached hydrogen (secondary N) is 1. The Morgan fingerprint density at radius 1 is 1.56 bits per heavy atom. The third-order valence-corrected chi connectivity index (χ3v) is 2.30. The van der Waals surface area contributed by atoms with Crippen LogP contribution in [0, 0.1) is 0 Å². The van der Waals surface area contributed by atoms with Crippen LogP contribution in [0.15, 0.2) is 15.6 Å². The van der Waals surface area contributed by atoms with Crippen molar-refractivity contribution in [3.8, 4) is 0 Å². The topological polar surface area (TPSA) is 70.9 Å². The van der Waals surface area contributed by atoms with Gasteiger partial charge in [-0.1, -0.05) is 0 Å². The molecule has 9 heteroatoms. The number of hydrogen-bond acceptors (Lipinski definition) is 5. The third kappa shape index (κ3) is 5.52. The molecular formula is C9H13F3N2O3S. The predicted molar refractivity (Wildman–Crippen MR) is 61.9 cm³/mol. The molecule has 0 radical (unpaired) electrons. The monoisotopic (exact) mass is 286 g/mol. The first-order valence-corrected chi connectivity index (χ1v) is 5.98. The van der Waals surface area contributed by atoms with Crippen LogP contribution in [0.2, 0.25) is 0 Å². The second-order valence-corrected chi connectivity index (χ2v) is 3.59. The lowest BCUT2D eigenvalue weighted by atomic mass is 10.3. The SMILES string of the molecule is C/C=N/C(=C(\SC)C(=O)NOCCO)C(F)(F)F. The number of thioether (sulfide) groups is 1. The second kappa shape index (κ2) is 8.11. The van der Waals surface area contributed by atoms with Crippen molar-refractivity contribution < 1.29 is 27.9 Å². The first-order chi connectivity index (χ1) is 8.38. The molecule has 2 N–H and O–H groups in total. The first kappa shape index (κ1) is 16.9. The van der Waals surface area contributed by atoms with E-state index in [0.717, 1.165) is 6.21 Å². The quantitative estimate of drug-likeness (QED) is 0.334. The van der Waals surface area contributed by atoms with Crippen LogP contribution in [0.25, 0.3) is 0 Å². The van der Waals surface area contributed by atoms with Gasteiger partial charge in [-0.3, -0.25) is 14.6 Å². The summed E-state index contributed by atoms with van der Waals surface area (Å²) in [6.07, 6.45) is -2.47. The van der Waals surface area contributed by atoms with Gasteiger partial charge in [0.05, 0.1) is 13.2 Å². The molecule has 0 saturated heterocycles. The van der Waals surface area contributed by atoms with Gasteiger partial charge in [0.15, 0.2) is 5.70 Å². The summed E-state index contributed by atoms with van der Waals surface area (Å²) in [4.78, 5) is 18.4. The van der Waals surface area contributed by atoms with E-state index in [1.54, 1.807) is 5.48 Å². The van der Waals surface area contributed by atoms with Crippen molar-refractivity contribution in [3.63, 3.8) is 0 Å². The predicted octanol–water partition coefficient (Wildman–Crippen LogP) is 1.25. The molecule has 0 aliphatic rings. The van der Waals surface area contributed by atoms with E-state index in [4.69, 9.17) is 5.11 Å². The van der Waals surface area contributed by atoms with Crippen LogP contribution in [0.4, 0.5) is 13.2 Å². The molecule has 0 heterocycles. The average molecular weight is 286 g/mol. The number of aliphatic hydroxyl groups is 1. The second-order valence-electron chi connectivity index (χ2n) is 2.77. The number of carbonyl (C=O) groups excluding carboxylic acids is 1. The largest absolute Gasteiger partial charge is 0.434 e. The van der Waals surface area contributed by atoms with Crippen LogP contribution < -0.4 is 5.48 Å². The van der Waals surface area contributed by atoms with E-state index in [1.165, 1.54) is 13.2 Å². The summed E-state index contributed by atoms with van der Waals surface area (Å²) in [7, 11) is 0. The van der Waals surface area contributed by atoms with Crippen molar-refractivity contribution in [2.24, 2.45) is 4.99 Å². The Hall–Kier alpha value is -1.06. The molecule has 1 amide bonds. The molecule has 0 atom stereocenters. The lowest BCUT2D eigenvalue weighted by molar-refractivity contribution is -0.130. The van der Waals surface area contributed by atoms with Gasteiger partial charge in [-0.05, 0) is 13.2 Å². The summed E-state index contributed by atoms with van der Waals surface area (Å²) in [5.41, 5.74) is 0.505. The number of carbonyl (C=O) groups is 1. The molecule has 18 heavy (non-hydrogen) atoms. The first-order valence-electron chi connectivity index (χ1n) is 4.75. The molecule has 0 aromatic heterocycles. The Bertz CT molecular complexity index is 342. The summed E-state index contributed by atoms with van der Waals surface area (Å²) < 4.78 is 37.9. The molecule has 0 rings (SSSR count). The van der Waals surface area contributed by atoms with E-state index in [9.17, 15) is 18.0 Å². The van der Waals surface area contributed by atoms with Crippen molar-refractivity contribution in [1.29, 1.82) is 0 Å². The van der Waals surface area contributed by atoms with Gasteiger partial charge >= 0.3 is 6.18 Å². The van der Waals surface area contributed by atoms with E-state index >= 15 is 0 Å². The Morgan fingerprint density at radius 3 is 2.56 bits per heavy atom. The third-order valence-electron chi connectivity index (χ3n) is 1.51. The molecule has 0 aromatic rings. The summed E-state index contributed by atoms with van der Waals surface area (Å²) in [5, 5.41) is 8.40. The number of allylic oxidation sites excluding steroid dienone is 1. The van der Waals surface area contributed by atoms with E-state index < -0.39 is 22.7 Å². The van der Waals surface area contributed by atoms with Crippen LogP contribution in [0.3, 0.4) is 0 Å². The van der Waals surface area contributed by atoms with Gasteiger partial charge in [-0.15, -0.1) is 11.8 Å². The van der Waals surface area contributed by atoms with Crippen molar-refractivity contribution in [2.75, 3.05) is 19.5 Å². The highest BCUT2D eigenvalue weighted by atomic mass is 32.2. The fraction of sp³-hybridized carbons (Fsp3) is 0.556. The standard InChI is InChI=1S/C9H13F3N2O3S/c1-3-13-7(9(10,11)12)6(18-2)8(16)14-17-5-4-15/h3,15H,4-5H2,1-2H3,(H,14,16)/b7-6-,13-3+. The molecule has 0 saturated carbocycles. The van der Waals surface area contributed by atoms with Crippen molar-refractivity contribution >= 4 is 23.9 Å². The fourth-order valence-corrected chi connectivity index (χ4v) is 1.48. The highest BCUT2D eigenvalue weighted by Crippen LogP contribution is 2.32. The number of amides is 1. The molecule has 0 aliphatic heterocycles. The van der Waals surface area contributed by atoms with E-state index in [2.05, 4.69) is 9.83 Å². The fourth-order valence-electron chi connectivity index (χ4n) is 0.895. The number of aliphatic imine (C=N–C) groups is 1. The Morgan fingerprint density at radius 2 is 2.17 bits per heavy atom. The molecule has 0 spiro atoms. The number of alkyl halides is 3. The maximum absolute atomic E-state index is 12.6. The number of hydrogen-bond donors (Lipinski definition) is 2. The van der Waals surface area contributed by atoms with Gasteiger partial charge in [0.25, 0.3) is 5.91 Å². The van der Waals surface area contributed by atoms with Crippen molar-refractivity contribution in [3.05, 3.63) is 10.6 Å². The normalized spacial score (nSPS) is 13.7. The number of aliphatic hydroxyl groups excluding tert-OH is 1. The van der Waals surface area contributed by atoms with Gasteiger partial charge in [0, 0.05) is 6.21 Å². The van der Waals surface area contributed by atoms with Gasteiger partial charge in [-0.2, -0.15) is 13.2 Å². The van der Waals surface area contributed by atoms with Crippen molar-refractivity contribution in [2.45, 2.75) is 13.1 Å². The Labute approximate surface area is 106 Å². The van der Waals surface area contributed by atoms with Crippen LogP contribution in [0.1, 0.15) is 6.92 Å². The van der Waals surface area contributed by atoms with Gasteiger partial charge in [-0.25, -0.2) is 5.48 Å². The Kier molecular flexibility index (Phi) is 7.64. The van der Waals surface area contributed by atoms with Gasteiger partial charge in [0.1, 0.15) is 4.91 Å². The zero-order valence-electron chi connectivity index (χ0n) is 9.74. The van der Waals surface area contributed by atoms with E-state index in [1.807, 2.05) is 0 Å². The molecule has 0 aliphatic carbocycles. The minimum absolute atomic E-state index is 0.216. The number of halogens is 3. The summed E-state index contributed by atoms with van der Waals surface area (Å²) in [6, 6.07) is 0. The maximum atomic E-state index is 12.6. The number of rotatable bonds is 6. The Balaban J connectivity index is 5.13. The van der Waals surface area contributed by atoms with Gasteiger partial charge < -0.3 is 5.11 Å². The zero-order valence-corrected chi connectivity index (χ0v) is 10.6. The molecule has 0 fully saturated rings. The lowest BCUT2D eigenvalue weighted by Gasteiger charge is -2.12. The number of hydroxylamine groups is 1. The molecule has 5 nitrogen and oxygen atoms in total. The number of nitrogens with zero attached hydrogens (tertiary/aromatic N) is 1. The highest BCUT2D eigenvalue weighted by Gasteiger charge is 2.38. The summed E-state index contributed by atoms with van der Waals surface area (Å²) >= 11 is 0.602. The molecular weight excluding hydrogens is 273 g/mol. The van der Waals surface area contributed by atoms with Crippen LogP contribution in [0.5, 0.6) is 0 Å². The zero-order chi connectivity index (χ0) is 14.2. The smallest absolute Gasteiger partial charge is 0.394 e. The molecule has 104 valence electrons. The highest BCUT2D eigenvalue weighted by molar-refractivity contribution is 8.03. The average Bonchev–Trinajstić information content (AvgIpc) is 2.28. The van der Waals surface area contributed by atoms with Crippen LogP contribution >= 0.6 is 11.8 Å². The molecule has 0 aromatic carbocycles. The van der Waals surface area contributed by atoms with Crippen LogP contribution in [-0.2, 0) is 9.63 Å². The lowest BCUT2D eigenvalue weighted by Crippen LogP contribution is -2.28. The van der Waals surface area contributed by atoms with E-state index in [0.29, 0.717) is 11.8 Å². The summed E-state index contributed by atoms with van der Waals surface area (Å²) in [5.74, 6) is -1.06.